The first-order valence-corrected chi connectivity index (χ1v) is 6.94. The lowest BCUT2D eigenvalue weighted by molar-refractivity contribution is 0.0953. The summed E-state index contributed by atoms with van der Waals surface area (Å²) >= 11 is 0. The molecular weight excluding hydrogens is 264 g/mol. The van der Waals surface area contributed by atoms with Crippen LogP contribution < -0.4 is 10.1 Å². The summed E-state index contributed by atoms with van der Waals surface area (Å²) < 4.78 is 5.40. The number of pyridine rings is 1. The Hall–Kier alpha value is -2.36. The molecule has 1 amide bonds. The Balaban J connectivity index is 1.98. The van der Waals surface area contributed by atoms with Crippen LogP contribution in [-0.2, 0) is 6.42 Å². The number of aryl methyl sites for hydroxylation is 2. The highest BCUT2D eigenvalue weighted by atomic mass is 16.5. The fourth-order valence-electron chi connectivity index (χ4n) is 2.14. The van der Waals surface area contributed by atoms with Crippen LogP contribution in [0.25, 0.3) is 0 Å². The number of ether oxygens (including phenoxy) is 1. The first-order chi connectivity index (χ1) is 10.1. The fourth-order valence-corrected chi connectivity index (χ4v) is 2.14. The third-order valence-corrected chi connectivity index (χ3v) is 3.50. The summed E-state index contributed by atoms with van der Waals surface area (Å²) in [5.41, 5.74) is 4.11. The van der Waals surface area contributed by atoms with Crippen molar-refractivity contribution in [3.8, 4) is 5.75 Å². The van der Waals surface area contributed by atoms with Crippen LogP contribution in [0.1, 0.15) is 27.0 Å². The van der Waals surface area contributed by atoms with Crippen molar-refractivity contribution in [2.45, 2.75) is 20.3 Å². The molecule has 0 aliphatic carbocycles. The topological polar surface area (TPSA) is 51.2 Å². The van der Waals surface area contributed by atoms with Crippen molar-refractivity contribution in [1.82, 2.24) is 10.3 Å². The summed E-state index contributed by atoms with van der Waals surface area (Å²) in [7, 11) is 1.67. The number of rotatable bonds is 5. The summed E-state index contributed by atoms with van der Waals surface area (Å²) in [5.74, 6) is 0.764. The van der Waals surface area contributed by atoms with Gasteiger partial charge in [0.1, 0.15) is 5.75 Å². The Morgan fingerprint density at radius 2 is 2.05 bits per heavy atom. The van der Waals surface area contributed by atoms with Gasteiger partial charge in [0.25, 0.3) is 5.91 Å². The Kier molecular flexibility index (Phi) is 4.93. The van der Waals surface area contributed by atoms with E-state index < -0.39 is 0 Å². The molecule has 0 unspecified atom stereocenters. The quantitative estimate of drug-likeness (QED) is 0.918. The van der Waals surface area contributed by atoms with Gasteiger partial charge in [0.15, 0.2) is 0 Å². The SMILES string of the molecule is COc1cc(C)c(C)cc1CCNC(=O)c1cccnc1. The van der Waals surface area contributed by atoms with E-state index in [4.69, 9.17) is 4.74 Å². The number of benzene rings is 1. The van der Waals surface area contributed by atoms with Crippen LogP contribution in [0.4, 0.5) is 0 Å². The summed E-state index contributed by atoms with van der Waals surface area (Å²) in [6, 6.07) is 7.65. The third kappa shape index (κ3) is 3.81. The number of aromatic nitrogens is 1. The van der Waals surface area contributed by atoms with Crippen molar-refractivity contribution in [2.24, 2.45) is 0 Å². The van der Waals surface area contributed by atoms with Crippen LogP contribution in [0.15, 0.2) is 36.7 Å². The van der Waals surface area contributed by atoms with Crippen molar-refractivity contribution in [3.05, 3.63) is 58.9 Å². The van der Waals surface area contributed by atoms with Gasteiger partial charge in [-0.2, -0.15) is 0 Å². The van der Waals surface area contributed by atoms with E-state index in [0.717, 1.165) is 17.7 Å². The molecule has 0 radical (unpaired) electrons. The Morgan fingerprint density at radius 1 is 1.29 bits per heavy atom. The number of methoxy groups -OCH3 is 1. The van der Waals surface area contributed by atoms with Crippen LogP contribution in [0.3, 0.4) is 0 Å². The van der Waals surface area contributed by atoms with Crippen molar-refractivity contribution in [3.63, 3.8) is 0 Å². The van der Waals surface area contributed by atoms with Crippen LogP contribution >= 0.6 is 0 Å². The molecule has 0 spiro atoms. The second-order valence-corrected chi connectivity index (χ2v) is 5.00. The number of carbonyl (C=O) groups is 1. The average molecular weight is 284 g/mol. The molecular formula is C17H20N2O2. The summed E-state index contributed by atoms with van der Waals surface area (Å²) in [6.45, 7) is 4.70. The number of carbonyl (C=O) groups excluding carboxylic acids is 1. The van der Waals surface area contributed by atoms with Gasteiger partial charge in [0.05, 0.1) is 12.7 Å². The van der Waals surface area contributed by atoms with Crippen molar-refractivity contribution < 1.29 is 9.53 Å². The molecule has 0 saturated heterocycles. The van der Waals surface area contributed by atoms with Crippen molar-refractivity contribution >= 4 is 5.91 Å². The lowest BCUT2D eigenvalue weighted by atomic mass is 10.0. The highest BCUT2D eigenvalue weighted by Gasteiger charge is 2.08. The molecule has 21 heavy (non-hydrogen) atoms. The molecule has 2 rings (SSSR count). The van der Waals surface area contributed by atoms with Crippen LogP contribution in [0.5, 0.6) is 5.75 Å². The van der Waals surface area contributed by atoms with Gasteiger partial charge in [-0.3, -0.25) is 9.78 Å². The van der Waals surface area contributed by atoms with Crippen LogP contribution in [-0.4, -0.2) is 24.5 Å². The Morgan fingerprint density at radius 3 is 2.71 bits per heavy atom. The van der Waals surface area contributed by atoms with Gasteiger partial charge in [-0.15, -0.1) is 0 Å². The molecule has 0 bridgehead atoms. The largest absolute Gasteiger partial charge is 0.496 e. The average Bonchev–Trinajstić information content (AvgIpc) is 2.51. The maximum absolute atomic E-state index is 11.9. The van der Waals surface area contributed by atoms with E-state index in [1.165, 1.54) is 11.1 Å². The lowest BCUT2D eigenvalue weighted by Gasteiger charge is -2.12. The Bertz CT molecular complexity index is 624. The van der Waals surface area contributed by atoms with Crippen molar-refractivity contribution in [1.29, 1.82) is 0 Å². The maximum Gasteiger partial charge on any atom is 0.252 e. The first kappa shape index (κ1) is 15.0. The molecule has 4 heteroatoms. The molecule has 0 aliphatic rings. The van der Waals surface area contributed by atoms with Gasteiger partial charge in [-0.25, -0.2) is 0 Å². The standard InChI is InChI=1S/C17H20N2O2/c1-12-9-14(16(21-3)10-13(12)2)6-8-19-17(20)15-5-4-7-18-11-15/h4-5,7,9-11H,6,8H2,1-3H3,(H,19,20). The third-order valence-electron chi connectivity index (χ3n) is 3.50. The van der Waals surface area contributed by atoms with Gasteiger partial charge in [0, 0.05) is 18.9 Å². The molecule has 4 nitrogen and oxygen atoms in total. The van der Waals surface area contributed by atoms with Gasteiger partial charge in [-0.05, 0) is 55.2 Å². The fraction of sp³-hybridized carbons (Fsp3) is 0.294. The van der Waals surface area contributed by atoms with E-state index in [-0.39, 0.29) is 5.91 Å². The zero-order valence-corrected chi connectivity index (χ0v) is 12.6. The highest BCUT2D eigenvalue weighted by molar-refractivity contribution is 5.93. The number of nitrogens with zero attached hydrogens (tertiary/aromatic N) is 1. The predicted molar refractivity (Wildman–Crippen MR) is 82.7 cm³/mol. The van der Waals surface area contributed by atoms with E-state index >= 15 is 0 Å². The molecule has 1 aromatic heterocycles. The molecule has 1 aromatic carbocycles. The smallest absolute Gasteiger partial charge is 0.252 e. The van der Waals surface area contributed by atoms with Gasteiger partial charge in [-0.1, -0.05) is 6.07 Å². The van der Waals surface area contributed by atoms with Gasteiger partial charge < -0.3 is 10.1 Å². The molecule has 2 aromatic rings. The summed E-state index contributed by atoms with van der Waals surface area (Å²) in [6.07, 6.45) is 3.94. The number of hydrogen-bond donors (Lipinski definition) is 1. The number of hydrogen-bond acceptors (Lipinski definition) is 3. The maximum atomic E-state index is 11.9. The normalized spacial score (nSPS) is 10.2. The van der Waals surface area contributed by atoms with Crippen LogP contribution in [0, 0.1) is 13.8 Å². The van der Waals surface area contributed by atoms with Gasteiger partial charge >= 0.3 is 0 Å². The predicted octanol–water partition coefficient (Wildman–Crippen LogP) is 2.68. The molecule has 1 heterocycles. The summed E-state index contributed by atoms with van der Waals surface area (Å²) in [4.78, 5) is 15.9. The highest BCUT2D eigenvalue weighted by Crippen LogP contribution is 2.23. The van der Waals surface area contributed by atoms with E-state index in [9.17, 15) is 4.79 Å². The summed E-state index contributed by atoms with van der Waals surface area (Å²) in [5, 5.41) is 2.90. The monoisotopic (exact) mass is 284 g/mol. The molecule has 110 valence electrons. The molecule has 0 aliphatic heterocycles. The second-order valence-electron chi connectivity index (χ2n) is 5.00. The minimum Gasteiger partial charge on any atom is -0.496 e. The lowest BCUT2D eigenvalue weighted by Crippen LogP contribution is -2.25. The second kappa shape index (κ2) is 6.88. The zero-order chi connectivity index (χ0) is 15.2. The van der Waals surface area contributed by atoms with Gasteiger partial charge in [0.2, 0.25) is 0 Å². The van der Waals surface area contributed by atoms with E-state index in [1.807, 2.05) is 6.07 Å². The minimum absolute atomic E-state index is 0.106. The minimum atomic E-state index is -0.106. The van der Waals surface area contributed by atoms with Crippen molar-refractivity contribution in [2.75, 3.05) is 13.7 Å². The molecule has 1 N–H and O–H groups in total. The molecule has 0 saturated carbocycles. The Labute approximate surface area is 125 Å². The van der Waals surface area contributed by atoms with Crippen LogP contribution in [0.2, 0.25) is 0 Å². The first-order valence-electron chi connectivity index (χ1n) is 6.94. The molecule has 0 atom stereocenters. The van der Waals surface area contributed by atoms with E-state index in [1.54, 1.807) is 31.6 Å². The zero-order valence-electron chi connectivity index (χ0n) is 12.6. The van der Waals surface area contributed by atoms with E-state index in [0.29, 0.717) is 12.1 Å². The molecule has 0 fully saturated rings. The van der Waals surface area contributed by atoms with E-state index in [2.05, 4.69) is 30.2 Å². The number of amides is 1. The number of nitrogens with one attached hydrogen (secondary N) is 1.